The van der Waals surface area contributed by atoms with Gasteiger partial charge in [0.05, 0.1) is 25.5 Å². The van der Waals surface area contributed by atoms with Gasteiger partial charge in [0.2, 0.25) is 5.60 Å². The highest BCUT2D eigenvalue weighted by molar-refractivity contribution is 7.47. The molecule has 5 N–H and O–H groups in total. The second kappa shape index (κ2) is 25.3. The highest BCUT2D eigenvalue weighted by atomic mass is 31.2. The summed E-state index contributed by atoms with van der Waals surface area (Å²) in [6.07, 6.45) is 23.8. The van der Waals surface area contributed by atoms with Crippen molar-refractivity contribution >= 4 is 19.2 Å². The molecule has 318 valence electrons. The number of hydrogen-bond donors (Lipinski definition) is 4. The van der Waals surface area contributed by atoms with E-state index >= 15 is 0 Å². The number of hydrogen-bond acceptors (Lipinski definition) is 12. The fourth-order valence-electron chi connectivity index (χ4n) is 7.92. The second-order valence-electron chi connectivity index (χ2n) is 15.8. The topological polar surface area (TPSA) is 204 Å². The molecule has 15 heteroatoms. The van der Waals surface area contributed by atoms with Crippen LogP contribution in [-0.2, 0) is 33.4 Å². The lowest BCUT2D eigenvalue weighted by Gasteiger charge is -2.24. The molecule has 2 aliphatic rings. The zero-order valence-corrected chi connectivity index (χ0v) is 34.7. The van der Waals surface area contributed by atoms with E-state index in [1.165, 1.54) is 139 Å². The van der Waals surface area contributed by atoms with E-state index in [9.17, 15) is 24.9 Å². The zero-order valence-electron chi connectivity index (χ0n) is 33.8. The summed E-state index contributed by atoms with van der Waals surface area (Å²) in [5, 5.41) is 36.1. The summed E-state index contributed by atoms with van der Waals surface area (Å²) < 4.78 is 42.8. The van der Waals surface area contributed by atoms with Crippen LogP contribution in [0.2, 0.25) is 0 Å². The summed E-state index contributed by atoms with van der Waals surface area (Å²) in [5.41, 5.74) is 4.34. The van der Waals surface area contributed by atoms with Crippen LogP contribution in [0.3, 0.4) is 0 Å². The van der Waals surface area contributed by atoms with Crippen molar-refractivity contribution in [2.75, 3.05) is 38.8 Å². The highest BCUT2D eigenvalue weighted by Gasteiger charge is 2.58. The van der Waals surface area contributed by atoms with Gasteiger partial charge >= 0.3 is 7.82 Å². The summed E-state index contributed by atoms with van der Waals surface area (Å²) in [7, 11) is -4.67. The van der Waals surface area contributed by atoms with Crippen molar-refractivity contribution in [2.45, 2.75) is 178 Å². The standard InChI is InChI=1S/C41H70N5O9P/c1-2-3-4-5-6-7-8-9-10-11-12-13-14-15-16-20-26-51-28-34(52-27-25-33-21-18-17-19-22-33)29-53-56(49,50)54-30-36-38(47)39(48)41(31-42,55-36)37-24-23-35-40(43)44-32-45-46(35)37/h23-24,32-34,36,38-39,47-48H,2-22,25-30H2,1H3,(H,49,50)(H2,43,44,45)/t34-,36-,38-,39-,41+/m1/s1. The van der Waals surface area contributed by atoms with Crippen LogP contribution in [0.25, 0.3) is 5.52 Å². The molecule has 4 rings (SSSR count). The molecule has 1 saturated heterocycles. The van der Waals surface area contributed by atoms with E-state index in [2.05, 4.69) is 17.0 Å². The number of ether oxygens (including phenoxy) is 3. The molecule has 0 radical (unpaired) electrons. The number of aliphatic hydroxyl groups is 2. The number of phosphoric ester groups is 1. The first kappa shape index (κ1) is 46.5. The lowest BCUT2D eigenvalue weighted by atomic mass is 9.87. The summed E-state index contributed by atoms with van der Waals surface area (Å²) in [6.45, 7) is 2.67. The van der Waals surface area contributed by atoms with E-state index in [1.807, 2.05) is 6.07 Å². The predicted molar refractivity (Wildman–Crippen MR) is 215 cm³/mol. The third-order valence-electron chi connectivity index (χ3n) is 11.4. The molecule has 3 heterocycles. The Morgan fingerprint density at radius 1 is 0.929 bits per heavy atom. The molecule has 1 aliphatic heterocycles. The molecule has 2 aromatic rings. The first-order valence-electron chi connectivity index (χ1n) is 21.6. The highest BCUT2D eigenvalue weighted by Crippen LogP contribution is 2.46. The molecule has 0 amide bonds. The van der Waals surface area contributed by atoms with Crippen LogP contribution >= 0.6 is 7.82 Å². The van der Waals surface area contributed by atoms with Crippen LogP contribution in [0, 0.1) is 17.2 Å². The number of nitrogens with zero attached hydrogens (tertiary/aromatic N) is 4. The fourth-order valence-corrected chi connectivity index (χ4v) is 8.69. The Balaban J connectivity index is 1.14. The number of aliphatic hydroxyl groups excluding tert-OH is 2. The van der Waals surface area contributed by atoms with Crippen molar-refractivity contribution in [1.82, 2.24) is 14.6 Å². The Hall–Kier alpha value is -2.18. The van der Waals surface area contributed by atoms with Crippen molar-refractivity contribution in [3.8, 4) is 6.07 Å². The van der Waals surface area contributed by atoms with Gasteiger partial charge in [0, 0.05) is 13.2 Å². The molecular weight excluding hydrogens is 737 g/mol. The monoisotopic (exact) mass is 807 g/mol. The van der Waals surface area contributed by atoms with E-state index in [0.29, 0.717) is 24.6 Å². The Bertz CT molecular complexity index is 1470. The molecule has 0 bridgehead atoms. The lowest BCUT2D eigenvalue weighted by molar-refractivity contribution is -0.0683. The number of phosphoric acid groups is 1. The van der Waals surface area contributed by atoms with E-state index in [1.54, 1.807) is 6.07 Å². The number of nitrogen functional groups attached to an aromatic ring is 1. The number of nitrogens with two attached hydrogens (primary N) is 1. The Kier molecular flexibility index (Phi) is 21.0. The first-order valence-corrected chi connectivity index (χ1v) is 23.1. The van der Waals surface area contributed by atoms with Crippen molar-refractivity contribution in [3.05, 3.63) is 24.2 Å². The van der Waals surface area contributed by atoms with E-state index < -0.39 is 44.4 Å². The molecule has 1 unspecified atom stereocenters. The average Bonchev–Trinajstić information content (AvgIpc) is 3.75. The van der Waals surface area contributed by atoms with E-state index in [4.69, 9.17) is 29.0 Å². The number of nitriles is 1. The Morgan fingerprint density at radius 2 is 1.55 bits per heavy atom. The largest absolute Gasteiger partial charge is 0.472 e. The maximum absolute atomic E-state index is 13.0. The van der Waals surface area contributed by atoms with E-state index in [0.717, 1.165) is 19.3 Å². The maximum atomic E-state index is 13.0. The summed E-state index contributed by atoms with van der Waals surface area (Å²) >= 11 is 0. The van der Waals surface area contributed by atoms with Gasteiger partial charge in [0.1, 0.15) is 42.3 Å². The number of rotatable bonds is 30. The molecule has 56 heavy (non-hydrogen) atoms. The van der Waals surface area contributed by atoms with Crippen molar-refractivity contribution in [2.24, 2.45) is 5.92 Å². The van der Waals surface area contributed by atoms with Crippen LogP contribution in [0.5, 0.6) is 0 Å². The van der Waals surface area contributed by atoms with Gasteiger partial charge in [-0.05, 0) is 30.9 Å². The van der Waals surface area contributed by atoms with Gasteiger partial charge in [-0.25, -0.2) is 14.1 Å². The summed E-state index contributed by atoms with van der Waals surface area (Å²) in [5.74, 6) is 0.763. The van der Waals surface area contributed by atoms with Gasteiger partial charge in [-0.3, -0.25) is 9.05 Å². The molecule has 14 nitrogen and oxygen atoms in total. The average molecular weight is 808 g/mol. The normalized spacial score (nSPS) is 23.4. The third kappa shape index (κ3) is 14.9. The number of unbranched alkanes of at least 4 members (excludes halogenated alkanes) is 15. The number of fused-ring (bicyclic) bond motifs is 1. The molecular formula is C41H70N5O9P. The predicted octanol–water partition coefficient (Wildman–Crippen LogP) is 7.92. The van der Waals surface area contributed by atoms with Gasteiger partial charge in [-0.15, -0.1) is 0 Å². The van der Waals surface area contributed by atoms with Crippen molar-refractivity contribution in [1.29, 1.82) is 5.26 Å². The van der Waals surface area contributed by atoms with Crippen LogP contribution in [0.15, 0.2) is 18.5 Å². The van der Waals surface area contributed by atoms with E-state index in [-0.39, 0.29) is 24.7 Å². The van der Waals surface area contributed by atoms with Crippen LogP contribution in [0.4, 0.5) is 5.82 Å². The molecule has 2 aromatic heterocycles. The quantitative estimate of drug-likeness (QED) is 0.0438. The molecule has 1 aliphatic carbocycles. The molecule has 6 atom stereocenters. The number of anilines is 1. The zero-order chi connectivity index (χ0) is 40.1. The van der Waals surface area contributed by atoms with Gasteiger partial charge in [0.25, 0.3) is 0 Å². The van der Waals surface area contributed by atoms with Crippen LogP contribution in [-0.4, -0.2) is 87.2 Å². The van der Waals surface area contributed by atoms with Crippen LogP contribution < -0.4 is 5.73 Å². The fraction of sp³-hybridized carbons (Fsp3) is 0.829. The van der Waals surface area contributed by atoms with Gasteiger partial charge in [0.15, 0.2) is 5.82 Å². The molecule has 1 saturated carbocycles. The smallest absolute Gasteiger partial charge is 0.387 e. The minimum absolute atomic E-state index is 0.106. The van der Waals surface area contributed by atoms with Crippen LogP contribution in [0.1, 0.15) is 154 Å². The van der Waals surface area contributed by atoms with Crippen molar-refractivity contribution < 1.29 is 42.9 Å². The molecule has 2 fully saturated rings. The summed E-state index contributed by atoms with van der Waals surface area (Å²) in [4.78, 5) is 14.5. The Labute approximate surface area is 334 Å². The van der Waals surface area contributed by atoms with Gasteiger partial charge in [-0.1, -0.05) is 135 Å². The lowest BCUT2D eigenvalue weighted by Crippen LogP contribution is -2.41. The minimum atomic E-state index is -4.67. The first-order chi connectivity index (χ1) is 27.2. The number of aromatic nitrogens is 3. The third-order valence-corrected chi connectivity index (χ3v) is 12.3. The minimum Gasteiger partial charge on any atom is -0.387 e. The second-order valence-corrected chi connectivity index (χ2v) is 17.3. The SMILES string of the molecule is CCCCCCCCCCCCCCCCCCOC[C@H](COP(=O)(O)OC[C@H]1O[C@@](C#N)(c2ccc3c(N)ncnn23)[C@H](O)[C@@H]1O)OCCC1CCCCC1. The van der Waals surface area contributed by atoms with Gasteiger partial charge in [-0.2, -0.15) is 10.4 Å². The van der Waals surface area contributed by atoms with Gasteiger partial charge < -0.3 is 35.1 Å². The Morgan fingerprint density at radius 3 is 2.18 bits per heavy atom. The maximum Gasteiger partial charge on any atom is 0.472 e. The summed E-state index contributed by atoms with van der Waals surface area (Å²) in [6, 6.07) is 4.98. The van der Waals surface area contributed by atoms with Crippen molar-refractivity contribution in [3.63, 3.8) is 0 Å². The molecule has 0 spiro atoms. The molecule has 0 aromatic carbocycles.